The van der Waals surface area contributed by atoms with E-state index in [1.807, 2.05) is 6.92 Å². The average molecular weight is 325 g/mol. The Labute approximate surface area is 131 Å². The van der Waals surface area contributed by atoms with E-state index in [9.17, 15) is 13.2 Å². The van der Waals surface area contributed by atoms with Crippen molar-refractivity contribution in [3.8, 4) is 0 Å². The second-order valence-corrected chi connectivity index (χ2v) is 7.56. The predicted molar refractivity (Wildman–Crippen MR) is 86.3 cm³/mol. The Bertz CT molecular complexity index is 613. The van der Waals surface area contributed by atoms with Gasteiger partial charge in [-0.1, -0.05) is 6.92 Å². The van der Waals surface area contributed by atoms with Gasteiger partial charge in [-0.2, -0.15) is 4.31 Å². The Morgan fingerprint density at radius 1 is 1.32 bits per heavy atom. The summed E-state index contributed by atoms with van der Waals surface area (Å²) in [5.41, 5.74) is 0.567. The molecule has 1 aromatic carbocycles. The number of carbonyl (C=O) groups excluding carboxylic acids is 1. The zero-order chi connectivity index (χ0) is 16.2. The first kappa shape index (κ1) is 16.8. The van der Waals surface area contributed by atoms with Crippen molar-refractivity contribution in [3.63, 3.8) is 0 Å². The van der Waals surface area contributed by atoms with Gasteiger partial charge in [0.2, 0.25) is 10.0 Å². The van der Waals surface area contributed by atoms with Gasteiger partial charge in [-0.3, -0.25) is 0 Å². The number of urea groups is 1. The van der Waals surface area contributed by atoms with E-state index in [0.717, 1.165) is 12.8 Å². The minimum Gasteiger partial charge on any atom is -0.338 e. The molecule has 122 valence electrons. The summed E-state index contributed by atoms with van der Waals surface area (Å²) >= 11 is 0. The van der Waals surface area contributed by atoms with Crippen molar-refractivity contribution < 1.29 is 13.2 Å². The minimum absolute atomic E-state index is 0.267. The van der Waals surface area contributed by atoms with E-state index < -0.39 is 10.0 Å². The molecule has 0 aliphatic carbocycles. The van der Waals surface area contributed by atoms with Crippen LogP contribution in [-0.4, -0.2) is 38.4 Å². The Morgan fingerprint density at radius 2 is 2.00 bits per heavy atom. The van der Waals surface area contributed by atoms with E-state index in [1.165, 1.54) is 12.1 Å². The van der Waals surface area contributed by atoms with E-state index in [0.29, 0.717) is 31.2 Å². The molecule has 7 heteroatoms. The molecule has 1 saturated heterocycles. The van der Waals surface area contributed by atoms with Crippen molar-refractivity contribution in [2.45, 2.75) is 31.6 Å². The topological polar surface area (TPSA) is 78.5 Å². The number of carbonyl (C=O) groups is 1. The first-order valence-corrected chi connectivity index (χ1v) is 9.02. The van der Waals surface area contributed by atoms with Gasteiger partial charge in [0.15, 0.2) is 0 Å². The van der Waals surface area contributed by atoms with Crippen LogP contribution in [0.1, 0.15) is 26.7 Å². The van der Waals surface area contributed by atoms with E-state index in [4.69, 9.17) is 0 Å². The molecule has 1 aliphatic heterocycles. The van der Waals surface area contributed by atoms with Gasteiger partial charge >= 0.3 is 6.03 Å². The molecule has 1 unspecified atom stereocenters. The SMILES string of the molecule is CCNC(=O)Nc1ccc(S(=O)(=O)N2CCCC(C)C2)cc1. The van der Waals surface area contributed by atoms with Gasteiger partial charge in [-0.05, 0) is 49.9 Å². The first-order chi connectivity index (χ1) is 10.4. The Kier molecular flexibility index (Phi) is 5.42. The van der Waals surface area contributed by atoms with E-state index in [-0.39, 0.29) is 10.9 Å². The lowest BCUT2D eigenvalue weighted by Gasteiger charge is -2.30. The fraction of sp³-hybridized carbons (Fsp3) is 0.533. The van der Waals surface area contributed by atoms with Crippen LogP contribution in [0.5, 0.6) is 0 Å². The normalized spacial score (nSPS) is 19.6. The van der Waals surface area contributed by atoms with Gasteiger partial charge in [-0.25, -0.2) is 13.2 Å². The molecule has 0 bridgehead atoms. The van der Waals surface area contributed by atoms with Crippen LogP contribution in [-0.2, 0) is 10.0 Å². The smallest absolute Gasteiger partial charge is 0.319 e. The molecule has 22 heavy (non-hydrogen) atoms. The number of hydrogen-bond donors (Lipinski definition) is 2. The van der Waals surface area contributed by atoms with Crippen molar-refractivity contribution >= 4 is 21.7 Å². The largest absolute Gasteiger partial charge is 0.338 e. The molecule has 0 saturated carbocycles. The molecule has 0 aromatic heterocycles. The lowest BCUT2D eigenvalue weighted by atomic mass is 10.0. The molecule has 2 N–H and O–H groups in total. The highest BCUT2D eigenvalue weighted by Gasteiger charge is 2.28. The number of rotatable bonds is 4. The van der Waals surface area contributed by atoms with Crippen molar-refractivity contribution in [1.82, 2.24) is 9.62 Å². The highest BCUT2D eigenvalue weighted by atomic mass is 32.2. The van der Waals surface area contributed by atoms with Crippen molar-refractivity contribution in [1.29, 1.82) is 0 Å². The molecule has 0 radical (unpaired) electrons. The van der Waals surface area contributed by atoms with Gasteiger partial charge in [0.1, 0.15) is 0 Å². The summed E-state index contributed by atoms with van der Waals surface area (Å²) in [7, 11) is -3.45. The van der Waals surface area contributed by atoms with Crippen LogP contribution in [0.15, 0.2) is 29.2 Å². The van der Waals surface area contributed by atoms with Gasteiger partial charge in [0.25, 0.3) is 0 Å². The summed E-state index contributed by atoms with van der Waals surface area (Å²) in [6.45, 7) is 5.58. The van der Waals surface area contributed by atoms with Crippen LogP contribution in [0.25, 0.3) is 0 Å². The van der Waals surface area contributed by atoms with Crippen LogP contribution >= 0.6 is 0 Å². The fourth-order valence-corrected chi connectivity index (χ4v) is 4.16. The molecule has 1 fully saturated rings. The number of anilines is 1. The highest BCUT2D eigenvalue weighted by molar-refractivity contribution is 7.89. The van der Waals surface area contributed by atoms with Gasteiger partial charge in [-0.15, -0.1) is 0 Å². The van der Waals surface area contributed by atoms with Crippen LogP contribution in [0, 0.1) is 5.92 Å². The Hall–Kier alpha value is -1.60. The van der Waals surface area contributed by atoms with E-state index >= 15 is 0 Å². The number of nitrogens with zero attached hydrogens (tertiary/aromatic N) is 1. The third kappa shape index (κ3) is 3.98. The highest BCUT2D eigenvalue weighted by Crippen LogP contribution is 2.24. The summed E-state index contributed by atoms with van der Waals surface area (Å²) in [6, 6.07) is 5.99. The molecule has 0 spiro atoms. The molecule has 2 amide bonds. The standard InChI is InChI=1S/C15H23N3O3S/c1-3-16-15(19)17-13-6-8-14(9-7-13)22(20,21)18-10-4-5-12(2)11-18/h6-9,12H,3-5,10-11H2,1-2H3,(H2,16,17,19). The molecular formula is C15H23N3O3S. The fourth-order valence-electron chi connectivity index (χ4n) is 2.56. The molecule has 1 heterocycles. The number of sulfonamides is 1. The maximum absolute atomic E-state index is 12.6. The molecule has 1 atom stereocenters. The maximum atomic E-state index is 12.6. The van der Waals surface area contributed by atoms with Crippen LogP contribution in [0.4, 0.5) is 10.5 Å². The van der Waals surface area contributed by atoms with Crippen molar-refractivity contribution in [3.05, 3.63) is 24.3 Å². The second kappa shape index (κ2) is 7.11. The van der Waals surface area contributed by atoms with E-state index in [1.54, 1.807) is 16.4 Å². The summed E-state index contributed by atoms with van der Waals surface area (Å²) in [5.74, 6) is 0.391. The Balaban J connectivity index is 2.10. The molecule has 6 nitrogen and oxygen atoms in total. The van der Waals surface area contributed by atoms with E-state index in [2.05, 4.69) is 17.6 Å². The maximum Gasteiger partial charge on any atom is 0.319 e. The summed E-state index contributed by atoms with van der Waals surface area (Å²) in [5, 5.41) is 5.27. The van der Waals surface area contributed by atoms with Crippen LogP contribution < -0.4 is 10.6 Å². The predicted octanol–water partition coefficient (Wildman–Crippen LogP) is 2.25. The van der Waals surface area contributed by atoms with Crippen molar-refractivity contribution in [2.75, 3.05) is 25.0 Å². The molecular weight excluding hydrogens is 302 g/mol. The lowest BCUT2D eigenvalue weighted by molar-refractivity contribution is 0.252. The van der Waals surface area contributed by atoms with Crippen molar-refractivity contribution in [2.24, 2.45) is 5.92 Å². The quantitative estimate of drug-likeness (QED) is 0.891. The number of nitrogens with one attached hydrogen (secondary N) is 2. The number of amides is 2. The van der Waals surface area contributed by atoms with Gasteiger partial charge in [0.05, 0.1) is 4.90 Å². The van der Waals surface area contributed by atoms with Crippen LogP contribution in [0.3, 0.4) is 0 Å². The summed E-state index contributed by atoms with van der Waals surface area (Å²) in [6.07, 6.45) is 1.97. The summed E-state index contributed by atoms with van der Waals surface area (Å²) < 4.78 is 26.7. The molecule has 1 aromatic rings. The summed E-state index contributed by atoms with van der Waals surface area (Å²) in [4.78, 5) is 11.7. The van der Waals surface area contributed by atoms with Crippen LogP contribution in [0.2, 0.25) is 0 Å². The zero-order valence-corrected chi connectivity index (χ0v) is 13.8. The lowest BCUT2D eigenvalue weighted by Crippen LogP contribution is -2.39. The third-order valence-corrected chi connectivity index (χ3v) is 5.59. The number of piperidine rings is 1. The zero-order valence-electron chi connectivity index (χ0n) is 13.0. The molecule has 2 rings (SSSR count). The molecule has 1 aliphatic rings. The minimum atomic E-state index is -3.45. The number of hydrogen-bond acceptors (Lipinski definition) is 3. The first-order valence-electron chi connectivity index (χ1n) is 7.58. The monoisotopic (exact) mass is 325 g/mol. The van der Waals surface area contributed by atoms with Gasteiger partial charge in [0, 0.05) is 25.3 Å². The second-order valence-electron chi connectivity index (χ2n) is 5.62. The average Bonchev–Trinajstić information content (AvgIpc) is 2.48. The Morgan fingerprint density at radius 3 is 2.59 bits per heavy atom. The van der Waals surface area contributed by atoms with Gasteiger partial charge < -0.3 is 10.6 Å². The number of benzene rings is 1. The third-order valence-electron chi connectivity index (χ3n) is 3.71.